The maximum absolute atomic E-state index is 9.15. The summed E-state index contributed by atoms with van der Waals surface area (Å²) in [7, 11) is 0. The molecule has 2 N–H and O–H groups in total. The molecule has 5 heteroatoms. The highest BCUT2D eigenvalue weighted by Crippen LogP contribution is 2.08. The van der Waals surface area contributed by atoms with Crippen molar-refractivity contribution in [1.29, 1.82) is 0 Å². The number of hydrogen-bond donors (Lipinski definition) is 2. The first-order valence-electron chi connectivity index (χ1n) is 2.89. The summed E-state index contributed by atoms with van der Waals surface area (Å²) >= 11 is 0. The molecule has 52 valence electrons. The molecule has 1 atom stereocenters. The van der Waals surface area contributed by atoms with Crippen LogP contribution < -0.4 is 5.32 Å². The molecule has 1 aliphatic heterocycles. The van der Waals surface area contributed by atoms with Crippen molar-refractivity contribution in [1.82, 2.24) is 20.3 Å². The predicted molar refractivity (Wildman–Crippen MR) is 33.4 cm³/mol. The van der Waals surface area contributed by atoms with Crippen LogP contribution in [-0.2, 0) is 0 Å². The quantitative estimate of drug-likeness (QED) is 0.497. The van der Waals surface area contributed by atoms with Crippen molar-refractivity contribution < 1.29 is 5.11 Å². The van der Waals surface area contributed by atoms with Gasteiger partial charge >= 0.3 is 0 Å². The fourth-order valence-corrected chi connectivity index (χ4v) is 0.851. The zero-order valence-corrected chi connectivity index (χ0v) is 5.10. The van der Waals surface area contributed by atoms with Crippen LogP contribution in [0, 0.1) is 0 Å². The lowest BCUT2D eigenvalue weighted by atomic mass is 10.4. The van der Waals surface area contributed by atoms with Crippen molar-refractivity contribution in [3.05, 3.63) is 18.1 Å². The van der Waals surface area contributed by atoms with E-state index in [2.05, 4.69) is 15.6 Å². The predicted octanol–water partition coefficient (Wildman–Crippen LogP) is -0.700. The van der Waals surface area contributed by atoms with Crippen molar-refractivity contribution in [2.45, 2.75) is 6.35 Å². The van der Waals surface area contributed by atoms with Crippen LogP contribution >= 0.6 is 0 Å². The van der Waals surface area contributed by atoms with Crippen molar-refractivity contribution in [3.8, 4) is 0 Å². The molecule has 1 unspecified atom stereocenters. The second-order valence-corrected chi connectivity index (χ2v) is 1.98. The summed E-state index contributed by atoms with van der Waals surface area (Å²) in [6.45, 7) is 0. The highest BCUT2D eigenvalue weighted by atomic mass is 16.3. The van der Waals surface area contributed by atoms with E-state index < -0.39 is 6.35 Å². The van der Waals surface area contributed by atoms with Gasteiger partial charge in [0.1, 0.15) is 0 Å². The first kappa shape index (κ1) is 5.43. The normalized spacial score (nSPS) is 21.9. The summed E-state index contributed by atoms with van der Waals surface area (Å²) < 4.78 is 1.39. The molecule has 1 aliphatic rings. The summed E-state index contributed by atoms with van der Waals surface area (Å²) in [6.07, 6.45) is 4.25. The van der Waals surface area contributed by atoms with Crippen LogP contribution in [-0.4, -0.2) is 20.1 Å². The van der Waals surface area contributed by atoms with E-state index in [0.29, 0.717) is 0 Å². The number of aliphatic hydroxyl groups excluding tert-OH is 1. The molecule has 0 saturated heterocycles. The van der Waals surface area contributed by atoms with E-state index in [-0.39, 0.29) is 0 Å². The average molecular weight is 138 g/mol. The Kier molecular flexibility index (Phi) is 0.983. The minimum absolute atomic E-state index is 0.775. The van der Waals surface area contributed by atoms with Crippen LogP contribution in [0.4, 0.5) is 0 Å². The lowest BCUT2D eigenvalue weighted by molar-refractivity contribution is 0.0648. The molecule has 0 aromatic carbocycles. The van der Waals surface area contributed by atoms with Gasteiger partial charge in [0.25, 0.3) is 0 Å². The molecule has 5 nitrogen and oxygen atoms in total. The molecule has 0 bridgehead atoms. The molecule has 0 aliphatic carbocycles. The lowest BCUT2D eigenvalue weighted by Gasteiger charge is -2.15. The molecular weight excluding hydrogens is 132 g/mol. The topological polar surface area (TPSA) is 63.0 Å². The molecule has 2 heterocycles. The number of hydrogen-bond acceptors (Lipinski definition) is 4. The van der Waals surface area contributed by atoms with Crippen LogP contribution in [0.5, 0.6) is 0 Å². The van der Waals surface area contributed by atoms with Crippen LogP contribution in [0.2, 0.25) is 0 Å². The lowest BCUT2D eigenvalue weighted by Crippen LogP contribution is -2.26. The van der Waals surface area contributed by atoms with Gasteiger partial charge in [0.05, 0.1) is 11.9 Å². The zero-order chi connectivity index (χ0) is 6.97. The Bertz CT molecular complexity index is 266. The van der Waals surface area contributed by atoms with Gasteiger partial charge in [0, 0.05) is 6.20 Å². The van der Waals surface area contributed by atoms with Crippen LogP contribution in [0.3, 0.4) is 0 Å². The third-order valence-electron chi connectivity index (χ3n) is 1.33. The number of nitrogens with zero attached hydrogens (tertiary/aromatic N) is 3. The van der Waals surface area contributed by atoms with Gasteiger partial charge in [0.15, 0.2) is 0 Å². The Hall–Kier alpha value is -1.36. The fraction of sp³-hybridized carbons (Fsp3) is 0.200. The molecule has 1 aromatic rings. The Balaban J connectivity index is 2.52. The van der Waals surface area contributed by atoms with E-state index in [1.807, 2.05) is 0 Å². The standard InChI is InChI=1S/C5H6N4O/c10-5-6-2-1-4-3-7-8-9(4)5/h1-3,5-6,10H. The van der Waals surface area contributed by atoms with E-state index in [1.54, 1.807) is 18.5 Å². The monoisotopic (exact) mass is 138 g/mol. The molecule has 0 saturated carbocycles. The van der Waals surface area contributed by atoms with Crippen molar-refractivity contribution in [2.24, 2.45) is 0 Å². The molecule has 0 fully saturated rings. The van der Waals surface area contributed by atoms with Gasteiger partial charge in [-0.05, 0) is 6.08 Å². The van der Waals surface area contributed by atoms with Crippen LogP contribution in [0.25, 0.3) is 6.08 Å². The Labute approximate surface area is 57.0 Å². The summed E-state index contributed by atoms with van der Waals surface area (Å²) in [5.74, 6) is 0. The highest BCUT2D eigenvalue weighted by molar-refractivity contribution is 5.43. The van der Waals surface area contributed by atoms with Gasteiger partial charge in [-0.1, -0.05) is 5.21 Å². The third-order valence-corrected chi connectivity index (χ3v) is 1.33. The molecule has 0 amide bonds. The minimum Gasteiger partial charge on any atom is -0.355 e. The van der Waals surface area contributed by atoms with Crippen molar-refractivity contribution >= 4 is 6.08 Å². The Morgan fingerprint density at radius 1 is 1.70 bits per heavy atom. The molecule has 0 spiro atoms. The SMILES string of the molecule is OC1NC=Cc2cnnn21. The summed E-state index contributed by atoms with van der Waals surface area (Å²) in [6, 6.07) is 0. The summed E-state index contributed by atoms with van der Waals surface area (Å²) in [5.41, 5.74) is 0.797. The van der Waals surface area contributed by atoms with E-state index in [4.69, 9.17) is 5.11 Å². The fourth-order valence-electron chi connectivity index (χ4n) is 0.851. The summed E-state index contributed by atoms with van der Waals surface area (Å²) in [5, 5.41) is 19.1. The van der Waals surface area contributed by atoms with Gasteiger partial charge in [-0.2, -0.15) is 4.68 Å². The first-order chi connectivity index (χ1) is 4.88. The van der Waals surface area contributed by atoms with Crippen LogP contribution in [0.1, 0.15) is 12.0 Å². The molecular formula is C5H6N4O. The van der Waals surface area contributed by atoms with E-state index in [9.17, 15) is 0 Å². The number of nitrogens with one attached hydrogen (secondary N) is 1. The maximum Gasteiger partial charge on any atom is 0.226 e. The molecule has 2 rings (SSSR count). The smallest absolute Gasteiger partial charge is 0.226 e. The van der Waals surface area contributed by atoms with E-state index >= 15 is 0 Å². The average Bonchev–Trinajstić information content (AvgIpc) is 2.36. The number of aromatic nitrogens is 3. The van der Waals surface area contributed by atoms with Gasteiger partial charge in [0.2, 0.25) is 6.35 Å². The Morgan fingerprint density at radius 3 is 3.40 bits per heavy atom. The first-order valence-corrected chi connectivity index (χ1v) is 2.89. The second kappa shape index (κ2) is 1.81. The summed E-state index contributed by atoms with van der Waals surface area (Å²) in [4.78, 5) is 0. The third kappa shape index (κ3) is 0.608. The van der Waals surface area contributed by atoms with E-state index in [1.165, 1.54) is 4.68 Å². The number of fused-ring (bicyclic) bond motifs is 1. The van der Waals surface area contributed by atoms with Gasteiger partial charge in [-0.3, -0.25) is 0 Å². The van der Waals surface area contributed by atoms with Gasteiger partial charge in [-0.25, -0.2) is 0 Å². The minimum atomic E-state index is -0.775. The van der Waals surface area contributed by atoms with Gasteiger partial charge < -0.3 is 10.4 Å². The van der Waals surface area contributed by atoms with Crippen molar-refractivity contribution in [2.75, 3.05) is 0 Å². The number of aliphatic hydroxyl groups is 1. The number of rotatable bonds is 0. The molecule has 1 aromatic heterocycles. The van der Waals surface area contributed by atoms with Gasteiger partial charge in [-0.15, -0.1) is 5.10 Å². The van der Waals surface area contributed by atoms with Crippen molar-refractivity contribution in [3.63, 3.8) is 0 Å². The maximum atomic E-state index is 9.15. The van der Waals surface area contributed by atoms with Crippen LogP contribution in [0.15, 0.2) is 12.4 Å². The Morgan fingerprint density at radius 2 is 2.60 bits per heavy atom. The molecule has 0 radical (unpaired) electrons. The largest absolute Gasteiger partial charge is 0.355 e. The zero-order valence-electron chi connectivity index (χ0n) is 5.10. The highest BCUT2D eigenvalue weighted by Gasteiger charge is 2.11. The van der Waals surface area contributed by atoms with E-state index in [0.717, 1.165) is 5.69 Å². The molecule has 10 heavy (non-hydrogen) atoms. The second-order valence-electron chi connectivity index (χ2n) is 1.98.